The van der Waals surface area contributed by atoms with Gasteiger partial charge in [-0.1, -0.05) is 18.5 Å². The molecule has 0 saturated heterocycles. The van der Waals surface area contributed by atoms with Crippen molar-refractivity contribution >= 4 is 45.0 Å². The number of nitrogens with two attached hydrogens (primary N) is 1. The third-order valence-corrected chi connectivity index (χ3v) is 10.8. The van der Waals surface area contributed by atoms with E-state index in [-0.39, 0.29) is 46.5 Å². The van der Waals surface area contributed by atoms with Gasteiger partial charge in [-0.25, -0.2) is 22.0 Å². The van der Waals surface area contributed by atoms with Gasteiger partial charge < -0.3 is 26.2 Å². The summed E-state index contributed by atoms with van der Waals surface area (Å²) in [4.78, 5) is 36.2. The highest BCUT2D eigenvalue weighted by molar-refractivity contribution is 7.92. The highest BCUT2D eigenvalue weighted by atomic mass is 35.5. The quantitative estimate of drug-likeness (QED) is 0.277. The Balaban J connectivity index is 1.50. The SMILES string of the molecule is COC(=O)N[C@@H](N)C(=O)NC[C@@]1(O)C2CC(S(=O)(=O)c3cc(C(=O)Nc4ccc(F)c(F)c4)ccc3Cl)CC1[C@@H](C)C2. The fourth-order valence-electron chi connectivity index (χ4n) is 5.98. The molecule has 0 radical (unpaired) electrons. The van der Waals surface area contributed by atoms with E-state index in [4.69, 9.17) is 17.3 Å². The molecule has 4 rings (SSSR count). The van der Waals surface area contributed by atoms with Gasteiger partial charge in [0, 0.05) is 23.9 Å². The minimum atomic E-state index is -4.10. The highest BCUT2D eigenvalue weighted by Gasteiger charge is 2.58. The zero-order chi connectivity index (χ0) is 31.0. The van der Waals surface area contributed by atoms with E-state index in [1.54, 1.807) is 0 Å². The molecular weight excluding hydrogens is 598 g/mol. The van der Waals surface area contributed by atoms with Crippen LogP contribution in [0.25, 0.3) is 0 Å². The van der Waals surface area contributed by atoms with Gasteiger partial charge in [0.05, 0.1) is 27.9 Å². The number of aliphatic hydroxyl groups is 1. The van der Waals surface area contributed by atoms with Gasteiger partial charge in [0.2, 0.25) is 0 Å². The topological polar surface area (TPSA) is 177 Å². The number of sulfone groups is 1. The van der Waals surface area contributed by atoms with E-state index in [9.17, 15) is 36.7 Å². The molecule has 3 unspecified atom stereocenters. The van der Waals surface area contributed by atoms with Crippen molar-refractivity contribution in [3.05, 3.63) is 58.6 Å². The van der Waals surface area contributed by atoms with E-state index in [1.165, 1.54) is 12.1 Å². The Hall–Kier alpha value is -3.33. The second-order valence-electron chi connectivity index (χ2n) is 10.7. The van der Waals surface area contributed by atoms with Crippen molar-refractivity contribution in [2.24, 2.45) is 23.5 Å². The maximum atomic E-state index is 13.8. The molecule has 0 heterocycles. The van der Waals surface area contributed by atoms with Gasteiger partial charge >= 0.3 is 6.09 Å². The Morgan fingerprint density at radius 1 is 1.14 bits per heavy atom. The fraction of sp³-hybridized carbons (Fsp3) is 0.444. The highest BCUT2D eigenvalue weighted by Crippen LogP contribution is 2.54. The van der Waals surface area contributed by atoms with E-state index in [0.29, 0.717) is 6.42 Å². The molecule has 0 aliphatic heterocycles. The first-order valence-corrected chi connectivity index (χ1v) is 15.0. The number of carbonyl (C=O) groups excluding carboxylic acids is 3. The number of ether oxygens (including phenoxy) is 1. The van der Waals surface area contributed by atoms with Crippen LogP contribution in [0.3, 0.4) is 0 Å². The molecule has 2 aromatic carbocycles. The Labute approximate surface area is 246 Å². The summed E-state index contributed by atoms with van der Waals surface area (Å²) in [7, 11) is -2.98. The molecule has 6 N–H and O–H groups in total. The molecule has 2 aliphatic carbocycles. The summed E-state index contributed by atoms with van der Waals surface area (Å²) in [5, 5.41) is 17.7. The van der Waals surface area contributed by atoms with Crippen LogP contribution in [0.2, 0.25) is 5.02 Å². The van der Waals surface area contributed by atoms with Crippen LogP contribution in [0.15, 0.2) is 41.3 Å². The van der Waals surface area contributed by atoms with E-state index < -0.39 is 68.2 Å². The number of halogens is 3. The number of methoxy groups -OCH3 is 1. The lowest BCUT2D eigenvalue weighted by molar-refractivity contribution is -0.126. The summed E-state index contributed by atoms with van der Waals surface area (Å²) < 4.78 is 58.8. The Morgan fingerprint density at radius 2 is 1.86 bits per heavy atom. The van der Waals surface area contributed by atoms with Crippen LogP contribution >= 0.6 is 11.6 Å². The normalized spacial score (nSPS) is 25.8. The molecule has 11 nitrogen and oxygen atoms in total. The van der Waals surface area contributed by atoms with Crippen molar-refractivity contribution in [3.8, 4) is 0 Å². The summed E-state index contributed by atoms with van der Waals surface area (Å²) in [6.45, 7) is 1.70. The number of amides is 3. The minimum Gasteiger partial charge on any atom is -0.453 e. The number of hydrogen-bond acceptors (Lipinski definition) is 8. The smallest absolute Gasteiger partial charge is 0.408 e. The van der Waals surface area contributed by atoms with Gasteiger partial charge in [0.25, 0.3) is 11.8 Å². The molecule has 0 aromatic heterocycles. The zero-order valence-corrected chi connectivity index (χ0v) is 24.3. The third-order valence-electron chi connectivity index (χ3n) is 8.16. The van der Waals surface area contributed by atoms with Gasteiger partial charge in [-0.2, -0.15) is 0 Å². The van der Waals surface area contributed by atoms with Gasteiger partial charge in [-0.15, -0.1) is 0 Å². The number of hydrogen-bond donors (Lipinski definition) is 5. The lowest BCUT2D eigenvalue weighted by Crippen LogP contribution is -2.59. The molecule has 15 heteroatoms. The molecule has 228 valence electrons. The van der Waals surface area contributed by atoms with Gasteiger partial charge in [-0.3, -0.25) is 14.9 Å². The van der Waals surface area contributed by atoms with Crippen LogP contribution in [0, 0.1) is 29.4 Å². The van der Waals surface area contributed by atoms with Gasteiger partial charge in [-0.05, 0) is 67.3 Å². The van der Waals surface area contributed by atoms with Crippen molar-refractivity contribution in [3.63, 3.8) is 0 Å². The Bertz CT molecular complexity index is 1510. The van der Waals surface area contributed by atoms with Crippen LogP contribution in [-0.4, -0.2) is 62.1 Å². The first kappa shape index (κ1) is 31.6. The van der Waals surface area contributed by atoms with Crippen LogP contribution in [0.1, 0.15) is 36.5 Å². The van der Waals surface area contributed by atoms with Crippen molar-refractivity contribution in [2.45, 2.75) is 48.1 Å². The third kappa shape index (κ3) is 6.21. The number of anilines is 1. The van der Waals surface area contributed by atoms with Crippen molar-refractivity contribution < 1.29 is 41.4 Å². The largest absolute Gasteiger partial charge is 0.453 e. The molecule has 2 fully saturated rings. The molecule has 42 heavy (non-hydrogen) atoms. The second-order valence-corrected chi connectivity index (χ2v) is 13.3. The lowest BCUT2D eigenvalue weighted by atomic mass is 9.73. The number of carbonyl (C=O) groups is 3. The fourth-order valence-corrected chi connectivity index (χ4v) is 8.36. The van der Waals surface area contributed by atoms with Crippen LogP contribution < -0.4 is 21.7 Å². The van der Waals surface area contributed by atoms with Crippen LogP contribution in [0.5, 0.6) is 0 Å². The molecular formula is C27H31ClF2N4O7S. The number of alkyl carbamates (subject to hydrolysis) is 1. The summed E-state index contributed by atoms with van der Waals surface area (Å²) in [5.41, 5.74) is 4.15. The molecule has 3 amide bonds. The van der Waals surface area contributed by atoms with E-state index in [1.807, 2.05) is 6.92 Å². The summed E-state index contributed by atoms with van der Waals surface area (Å²) in [5.74, 6) is -4.81. The first-order valence-electron chi connectivity index (χ1n) is 13.1. The van der Waals surface area contributed by atoms with Gasteiger partial charge in [0.15, 0.2) is 27.6 Å². The number of benzene rings is 2. The molecule has 2 aromatic rings. The van der Waals surface area contributed by atoms with E-state index >= 15 is 0 Å². The minimum absolute atomic E-state index is 0.0236. The summed E-state index contributed by atoms with van der Waals surface area (Å²) >= 11 is 6.29. The predicted octanol–water partition coefficient (Wildman–Crippen LogP) is 2.57. The lowest BCUT2D eigenvalue weighted by Gasteiger charge is -2.43. The van der Waals surface area contributed by atoms with E-state index in [0.717, 1.165) is 31.4 Å². The monoisotopic (exact) mass is 628 g/mol. The average molecular weight is 629 g/mol. The van der Waals surface area contributed by atoms with Crippen molar-refractivity contribution in [1.29, 1.82) is 0 Å². The number of rotatable bonds is 8. The van der Waals surface area contributed by atoms with Crippen molar-refractivity contribution in [1.82, 2.24) is 10.6 Å². The van der Waals surface area contributed by atoms with Crippen LogP contribution in [-0.2, 0) is 19.4 Å². The van der Waals surface area contributed by atoms with Crippen LogP contribution in [0.4, 0.5) is 19.3 Å². The Morgan fingerprint density at radius 3 is 2.50 bits per heavy atom. The molecule has 6 atom stereocenters. The number of fused-ring (bicyclic) bond motifs is 2. The summed E-state index contributed by atoms with van der Waals surface area (Å²) in [6, 6.07) is 6.52. The van der Waals surface area contributed by atoms with Gasteiger partial charge in [0.1, 0.15) is 0 Å². The predicted molar refractivity (Wildman–Crippen MR) is 148 cm³/mol. The first-order chi connectivity index (χ1) is 19.7. The number of nitrogens with one attached hydrogen (secondary N) is 3. The molecule has 2 bridgehead atoms. The second kappa shape index (κ2) is 12.1. The molecule has 2 aliphatic rings. The standard InChI is InChI=1S/C27H31ClF2N4O7S/c1-13-7-15-9-17(11-18(13)27(15,38)12-32-25(36)23(31)34-26(37)41-2)42(39,40)22-8-14(3-5-19(22)28)24(35)33-16-4-6-20(29)21(30)10-16/h3-6,8,10,13,15,17-18,23,38H,7,9,11-12,31H2,1-2H3,(H,32,36)(H,33,35)(H,34,37)/t13-,15?,17?,18?,23+,27+/m0/s1. The maximum Gasteiger partial charge on any atom is 0.408 e. The van der Waals surface area contributed by atoms with Crippen molar-refractivity contribution in [2.75, 3.05) is 19.0 Å². The molecule has 2 saturated carbocycles. The maximum absolute atomic E-state index is 13.8. The average Bonchev–Trinajstić information content (AvgIpc) is 3.05. The Kier molecular flexibility index (Phi) is 9.11. The zero-order valence-electron chi connectivity index (χ0n) is 22.7. The summed E-state index contributed by atoms with van der Waals surface area (Å²) in [6.07, 6.45) is -1.66. The van der Waals surface area contributed by atoms with E-state index in [2.05, 4.69) is 20.7 Å². The molecule has 0 spiro atoms.